The summed E-state index contributed by atoms with van der Waals surface area (Å²) in [5, 5.41) is 0. The van der Waals surface area contributed by atoms with E-state index in [2.05, 4.69) is 17.0 Å². The molecule has 0 bridgehead atoms. The normalized spacial score (nSPS) is 10.0. The van der Waals surface area contributed by atoms with Gasteiger partial charge >= 0.3 is 5.97 Å². The average Bonchev–Trinajstić information content (AvgIpc) is 2.49. The van der Waals surface area contributed by atoms with E-state index in [-0.39, 0.29) is 18.4 Å². The Morgan fingerprint density at radius 1 is 1.00 bits per heavy atom. The molecular weight excluding hydrogens is 286 g/mol. The topological polar surface area (TPSA) is 29.5 Å². The van der Waals surface area contributed by atoms with Crippen LogP contribution in [0.5, 0.6) is 0 Å². The monoisotopic (exact) mass is 305 g/mol. The first-order valence-corrected chi connectivity index (χ1v) is 6.70. The van der Waals surface area contributed by atoms with Gasteiger partial charge in [-0.3, -0.25) is 4.90 Å². The molecule has 112 valence electrons. The third-order valence-electron chi connectivity index (χ3n) is 3.01. The van der Waals surface area contributed by atoms with Gasteiger partial charge in [-0.1, -0.05) is 48.5 Å². The zero-order chi connectivity index (χ0) is 14.2. The Morgan fingerprint density at radius 3 is 2.19 bits per heavy atom. The number of halogens is 1. The van der Waals surface area contributed by atoms with Crippen LogP contribution in [-0.2, 0) is 11.3 Å². The number of hydrogen-bond donors (Lipinski definition) is 0. The van der Waals surface area contributed by atoms with Crippen LogP contribution in [0, 0.1) is 0 Å². The molecule has 0 aliphatic carbocycles. The molecule has 0 radical (unpaired) electrons. The maximum atomic E-state index is 11.7. The largest absolute Gasteiger partial charge is 0.461 e. The first-order chi connectivity index (χ1) is 9.75. The van der Waals surface area contributed by atoms with E-state index in [1.54, 1.807) is 12.1 Å². The molecule has 0 unspecified atom stereocenters. The first kappa shape index (κ1) is 17.2. The molecule has 3 nitrogen and oxygen atoms in total. The minimum atomic E-state index is -0.265. The van der Waals surface area contributed by atoms with Gasteiger partial charge in [0, 0.05) is 13.1 Å². The van der Waals surface area contributed by atoms with Crippen molar-refractivity contribution >= 4 is 18.4 Å². The highest BCUT2D eigenvalue weighted by atomic mass is 35.5. The molecule has 0 spiro atoms. The van der Waals surface area contributed by atoms with E-state index in [0.717, 1.165) is 6.54 Å². The second-order valence-electron chi connectivity index (χ2n) is 4.73. The van der Waals surface area contributed by atoms with Crippen molar-refractivity contribution in [2.45, 2.75) is 6.54 Å². The summed E-state index contributed by atoms with van der Waals surface area (Å²) in [5.41, 5.74) is 1.85. The highest BCUT2D eigenvalue weighted by Gasteiger charge is 2.06. The fourth-order valence-corrected chi connectivity index (χ4v) is 1.93. The second kappa shape index (κ2) is 9.16. The maximum absolute atomic E-state index is 11.7. The number of benzene rings is 2. The third-order valence-corrected chi connectivity index (χ3v) is 3.01. The molecule has 2 aromatic rings. The zero-order valence-corrected chi connectivity index (χ0v) is 12.9. The molecule has 0 N–H and O–H groups in total. The number of rotatable bonds is 6. The summed E-state index contributed by atoms with van der Waals surface area (Å²) in [6.07, 6.45) is 0. The molecule has 0 aliphatic heterocycles. The Labute approximate surface area is 132 Å². The molecule has 21 heavy (non-hydrogen) atoms. The van der Waals surface area contributed by atoms with Gasteiger partial charge < -0.3 is 4.74 Å². The van der Waals surface area contributed by atoms with Gasteiger partial charge in [0.25, 0.3) is 0 Å². The van der Waals surface area contributed by atoms with E-state index in [0.29, 0.717) is 18.7 Å². The van der Waals surface area contributed by atoms with Crippen molar-refractivity contribution in [3.63, 3.8) is 0 Å². The lowest BCUT2D eigenvalue weighted by molar-refractivity contribution is 0.0470. The lowest BCUT2D eigenvalue weighted by Gasteiger charge is -2.16. The molecular formula is C17H20ClNO2. The third kappa shape index (κ3) is 5.98. The van der Waals surface area contributed by atoms with Crippen molar-refractivity contribution in [2.24, 2.45) is 0 Å². The lowest BCUT2D eigenvalue weighted by Crippen LogP contribution is -2.24. The number of hydrogen-bond acceptors (Lipinski definition) is 3. The Hall–Kier alpha value is -1.84. The van der Waals surface area contributed by atoms with Crippen molar-refractivity contribution in [1.29, 1.82) is 0 Å². The number of carbonyl (C=O) groups is 1. The lowest BCUT2D eigenvalue weighted by atomic mass is 10.2. The highest BCUT2D eigenvalue weighted by molar-refractivity contribution is 5.89. The number of carbonyl (C=O) groups excluding carboxylic acids is 1. The molecule has 0 heterocycles. The zero-order valence-electron chi connectivity index (χ0n) is 12.1. The number of esters is 1. The first-order valence-electron chi connectivity index (χ1n) is 6.70. The van der Waals surface area contributed by atoms with E-state index in [1.165, 1.54) is 5.56 Å². The molecule has 0 aromatic heterocycles. The van der Waals surface area contributed by atoms with Crippen LogP contribution in [0.25, 0.3) is 0 Å². The Morgan fingerprint density at radius 2 is 1.57 bits per heavy atom. The molecule has 2 rings (SSSR count). The second-order valence-corrected chi connectivity index (χ2v) is 4.73. The molecule has 0 aliphatic rings. The predicted octanol–water partition coefficient (Wildman–Crippen LogP) is 3.40. The van der Waals surface area contributed by atoms with Crippen molar-refractivity contribution in [3.05, 3.63) is 71.8 Å². The van der Waals surface area contributed by atoms with Crippen molar-refractivity contribution < 1.29 is 9.53 Å². The summed E-state index contributed by atoms with van der Waals surface area (Å²) >= 11 is 0. The van der Waals surface area contributed by atoms with Crippen LogP contribution in [0.3, 0.4) is 0 Å². The fourth-order valence-electron chi connectivity index (χ4n) is 1.93. The summed E-state index contributed by atoms with van der Waals surface area (Å²) < 4.78 is 5.26. The van der Waals surface area contributed by atoms with Gasteiger partial charge in [0.05, 0.1) is 5.56 Å². The number of ether oxygens (including phenoxy) is 1. The van der Waals surface area contributed by atoms with Gasteiger partial charge in [-0.2, -0.15) is 0 Å². The molecule has 4 heteroatoms. The summed E-state index contributed by atoms with van der Waals surface area (Å²) in [7, 11) is 2.02. The number of nitrogens with zero attached hydrogens (tertiary/aromatic N) is 1. The molecule has 0 fully saturated rings. The van der Waals surface area contributed by atoms with Gasteiger partial charge in [0.1, 0.15) is 6.61 Å². The van der Waals surface area contributed by atoms with Crippen molar-refractivity contribution in [1.82, 2.24) is 4.90 Å². The Balaban J connectivity index is 0.00000220. The summed E-state index contributed by atoms with van der Waals surface area (Å²) in [6.45, 7) is 1.97. The van der Waals surface area contributed by atoms with Crippen molar-refractivity contribution in [2.75, 3.05) is 20.2 Å². The van der Waals surface area contributed by atoms with Gasteiger partial charge in [0.15, 0.2) is 0 Å². The van der Waals surface area contributed by atoms with Gasteiger partial charge in [0.2, 0.25) is 0 Å². The summed E-state index contributed by atoms with van der Waals surface area (Å²) in [5.74, 6) is -0.265. The summed E-state index contributed by atoms with van der Waals surface area (Å²) in [6, 6.07) is 19.3. The standard InChI is InChI=1S/C17H19NO2.ClH/c1-18(14-15-8-4-2-5-9-15)12-13-20-17(19)16-10-6-3-7-11-16;/h2-11H,12-14H2,1H3;1H. The van der Waals surface area contributed by atoms with E-state index in [4.69, 9.17) is 4.74 Å². The highest BCUT2D eigenvalue weighted by Crippen LogP contribution is 2.03. The van der Waals surface area contributed by atoms with Crippen LogP contribution in [0.1, 0.15) is 15.9 Å². The maximum Gasteiger partial charge on any atom is 0.338 e. The molecule has 0 saturated heterocycles. The van der Waals surface area contributed by atoms with E-state index in [1.807, 2.05) is 43.4 Å². The molecule has 0 saturated carbocycles. The average molecular weight is 306 g/mol. The van der Waals surface area contributed by atoms with Gasteiger partial charge in [-0.25, -0.2) is 4.79 Å². The summed E-state index contributed by atoms with van der Waals surface area (Å²) in [4.78, 5) is 13.9. The fraction of sp³-hybridized carbons (Fsp3) is 0.235. The Bertz CT molecular complexity index is 531. The SMILES string of the molecule is CN(CCOC(=O)c1ccccc1)Cc1ccccc1.Cl. The number of likely N-dealkylation sites (N-methyl/N-ethyl adjacent to an activating group) is 1. The van der Waals surface area contributed by atoms with Crippen LogP contribution in [-0.4, -0.2) is 31.1 Å². The van der Waals surface area contributed by atoms with Crippen molar-refractivity contribution in [3.8, 4) is 0 Å². The van der Waals surface area contributed by atoms with E-state index in [9.17, 15) is 4.79 Å². The smallest absolute Gasteiger partial charge is 0.338 e. The van der Waals surface area contributed by atoms with Crippen LogP contribution < -0.4 is 0 Å². The van der Waals surface area contributed by atoms with Crippen LogP contribution >= 0.6 is 12.4 Å². The van der Waals surface area contributed by atoms with Crippen LogP contribution in [0.4, 0.5) is 0 Å². The minimum absolute atomic E-state index is 0. The molecule has 0 amide bonds. The molecule has 0 atom stereocenters. The van der Waals surface area contributed by atoms with Crippen LogP contribution in [0.15, 0.2) is 60.7 Å². The quantitative estimate of drug-likeness (QED) is 0.766. The minimum Gasteiger partial charge on any atom is -0.461 e. The van der Waals surface area contributed by atoms with Crippen LogP contribution in [0.2, 0.25) is 0 Å². The van der Waals surface area contributed by atoms with E-state index >= 15 is 0 Å². The van der Waals surface area contributed by atoms with E-state index < -0.39 is 0 Å². The van der Waals surface area contributed by atoms with Gasteiger partial charge in [-0.05, 0) is 24.7 Å². The molecule has 2 aromatic carbocycles. The Kier molecular flexibility index (Phi) is 7.51. The van der Waals surface area contributed by atoms with Gasteiger partial charge in [-0.15, -0.1) is 12.4 Å². The predicted molar refractivity (Wildman–Crippen MR) is 86.7 cm³/mol.